The Labute approximate surface area is 120 Å². The molecule has 0 aliphatic carbocycles. The topological polar surface area (TPSA) is 102 Å². The number of anilines is 1. The van der Waals surface area contributed by atoms with Crippen molar-refractivity contribution in [1.29, 1.82) is 0 Å². The van der Waals surface area contributed by atoms with Crippen molar-refractivity contribution in [2.24, 2.45) is 5.73 Å². The van der Waals surface area contributed by atoms with Crippen LogP contribution in [0.2, 0.25) is 0 Å². The first kappa shape index (κ1) is 14.0. The van der Waals surface area contributed by atoms with Gasteiger partial charge in [-0.25, -0.2) is 0 Å². The zero-order chi connectivity index (χ0) is 14.5. The second-order valence-corrected chi connectivity index (χ2v) is 5.12. The number of primary amides is 1. The molecule has 7 heteroatoms. The summed E-state index contributed by atoms with van der Waals surface area (Å²) in [5.41, 5.74) is 13.9. The van der Waals surface area contributed by atoms with Crippen LogP contribution >= 0.6 is 11.3 Å². The molecule has 0 atom stereocenters. The molecule has 1 aromatic carbocycles. The molecule has 0 aliphatic heterocycles. The Hall–Kier alpha value is -2.41. The number of thiazole rings is 1. The number of nitrogens with zero attached hydrogens (tertiary/aromatic N) is 2. The number of amides is 2. The third kappa shape index (κ3) is 3.55. The lowest BCUT2D eigenvalue weighted by Gasteiger charge is -2.20. The SMILES string of the molecule is NC(=O)CN(Cc1cccc(N)c1)C(=O)c1cncs1. The fourth-order valence-electron chi connectivity index (χ4n) is 1.78. The number of nitrogen functional groups attached to an aromatic ring is 1. The van der Waals surface area contributed by atoms with E-state index in [2.05, 4.69) is 4.98 Å². The lowest BCUT2D eigenvalue weighted by molar-refractivity contribution is -0.118. The highest BCUT2D eigenvalue weighted by atomic mass is 32.1. The molecule has 0 spiro atoms. The first-order chi connectivity index (χ1) is 9.56. The van der Waals surface area contributed by atoms with Gasteiger partial charge in [0.25, 0.3) is 5.91 Å². The molecule has 1 aromatic heterocycles. The Bertz CT molecular complexity index is 613. The van der Waals surface area contributed by atoms with Crippen LogP contribution < -0.4 is 11.5 Å². The van der Waals surface area contributed by atoms with Gasteiger partial charge in [-0.2, -0.15) is 0 Å². The van der Waals surface area contributed by atoms with E-state index < -0.39 is 5.91 Å². The lowest BCUT2D eigenvalue weighted by Crippen LogP contribution is -2.37. The molecule has 0 saturated carbocycles. The molecule has 6 nitrogen and oxygen atoms in total. The molecule has 0 unspecified atom stereocenters. The van der Waals surface area contributed by atoms with E-state index in [4.69, 9.17) is 11.5 Å². The molecular formula is C13H14N4O2S. The predicted octanol–water partition coefficient (Wildman–Crippen LogP) is 0.853. The molecule has 2 amide bonds. The molecule has 4 N–H and O–H groups in total. The van der Waals surface area contributed by atoms with Crippen molar-refractivity contribution >= 4 is 28.8 Å². The van der Waals surface area contributed by atoms with Gasteiger partial charge < -0.3 is 16.4 Å². The number of nitrogens with two attached hydrogens (primary N) is 2. The minimum Gasteiger partial charge on any atom is -0.399 e. The van der Waals surface area contributed by atoms with Gasteiger partial charge in [-0.1, -0.05) is 12.1 Å². The molecule has 0 saturated heterocycles. The van der Waals surface area contributed by atoms with Crippen molar-refractivity contribution < 1.29 is 9.59 Å². The molecule has 20 heavy (non-hydrogen) atoms. The van der Waals surface area contributed by atoms with E-state index in [0.717, 1.165) is 5.56 Å². The number of aromatic nitrogens is 1. The lowest BCUT2D eigenvalue weighted by atomic mass is 10.2. The molecule has 2 rings (SSSR count). The number of rotatable bonds is 5. The van der Waals surface area contributed by atoms with Gasteiger partial charge in [-0.3, -0.25) is 14.6 Å². The van der Waals surface area contributed by atoms with E-state index in [0.29, 0.717) is 10.6 Å². The van der Waals surface area contributed by atoms with Crippen molar-refractivity contribution in [1.82, 2.24) is 9.88 Å². The Balaban J connectivity index is 2.19. The first-order valence-electron chi connectivity index (χ1n) is 5.87. The molecule has 1 heterocycles. The maximum Gasteiger partial charge on any atom is 0.266 e. The van der Waals surface area contributed by atoms with Crippen molar-refractivity contribution in [3.63, 3.8) is 0 Å². The summed E-state index contributed by atoms with van der Waals surface area (Å²) in [6, 6.07) is 7.15. The van der Waals surface area contributed by atoms with Crippen LogP contribution in [-0.4, -0.2) is 28.2 Å². The van der Waals surface area contributed by atoms with Crippen molar-refractivity contribution in [3.05, 3.63) is 46.4 Å². The van der Waals surface area contributed by atoms with Crippen LogP contribution in [0.15, 0.2) is 36.0 Å². The third-order valence-electron chi connectivity index (χ3n) is 2.60. The van der Waals surface area contributed by atoms with Crippen LogP contribution in [0.3, 0.4) is 0 Å². The summed E-state index contributed by atoms with van der Waals surface area (Å²) in [6.45, 7) is 0.121. The summed E-state index contributed by atoms with van der Waals surface area (Å²) in [5.74, 6) is -0.833. The largest absolute Gasteiger partial charge is 0.399 e. The summed E-state index contributed by atoms with van der Waals surface area (Å²) < 4.78 is 0. The Morgan fingerprint density at radius 1 is 1.35 bits per heavy atom. The fourth-order valence-corrected chi connectivity index (χ4v) is 2.36. The second kappa shape index (κ2) is 6.16. The van der Waals surface area contributed by atoms with Crippen LogP contribution in [0.4, 0.5) is 5.69 Å². The smallest absolute Gasteiger partial charge is 0.266 e. The van der Waals surface area contributed by atoms with E-state index in [1.165, 1.54) is 22.4 Å². The van der Waals surface area contributed by atoms with Gasteiger partial charge in [-0.05, 0) is 17.7 Å². The summed E-state index contributed by atoms with van der Waals surface area (Å²) >= 11 is 1.22. The molecule has 0 radical (unpaired) electrons. The van der Waals surface area contributed by atoms with Crippen molar-refractivity contribution in [2.45, 2.75) is 6.54 Å². The zero-order valence-electron chi connectivity index (χ0n) is 10.7. The van der Waals surface area contributed by atoms with E-state index in [9.17, 15) is 9.59 Å². The summed E-state index contributed by atoms with van der Waals surface area (Å²) in [7, 11) is 0. The number of hydrogen-bond donors (Lipinski definition) is 2. The predicted molar refractivity (Wildman–Crippen MR) is 76.9 cm³/mol. The van der Waals surface area contributed by atoms with Crippen LogP contribution in [0, 0.1) is 0 Å². The second-order valence-electron chi connectivity index (χ2n) is 4.24. The van der Waals surface area contributed by atoms with Gasteiger partial charge in [0.1, 0.15) is 11.4 Å². The third-order valence-corrected chi connectivity index (χ3v) is 3.36. The minimum atomic E-state index is -0.563. The monoisotopic (exact) mass is 290 g/mol. The maximum atomic E-state index is 12.3. The average molecular weight is 290 g/mol. The Morgan fingerprint density at radius 3 is 2.75 bits per heavy atom. The zero-order valence-corrected chi connectivity index (χ0v) is 11.5. The molecule has 104 valence electrons. The van der Waals surface area contributed by atoms with E-state index in [1.54, 1.807) is 23.7 Å². The maximum absolute atomic E-state index is 12.3. The molecule has 0 fully saturated rings. The molecule has 0 aliphatic rings. The number of carbonyl (C=O) groups excluding carboxylic acids is 2. The van der Waals surface area contributed by atoms with Crippen LogP contribution in [-0.2, 0) is 11.3 Å². The van der Waals surface area contributed by atoms with Gasteiger partial charge in [-0.15, -0.1) is 11.3 Å². The summed E-state index contributed by atoms with van der Waals surface area (Å²) in [6.07, 6.45) is 1.47. The van der Waals surface area contributed by atoms with E-state index >= 15 is 0 Å². The van der Waals surface area contributed by atoms with Gasteiger partial charge in [0, 0.05) is 12.2 Å². The quantitative estimate of drug-likeness (QED) is 0.797. The van der Waals surface area contributed by atoms with Gasteiger partial charge in [0.05, 0.1) is 11.7 Å². The number of carbonyl (C=O) groups is 2. The minimum absolute atomic E-state index is 0.147. The molecule has 2 aromatic rings. The number of benzene rings is 1. The highest BCUT2D eigenvalue weighted by Gasteiger charge is 2.19. The number of hydrogen-bond acceptors (Lipinski definition) is 5. The van der Waals surface area contributed by atoms with E-state index in [-0.39, 0.29) is 19.0 Å². The van der Waals surface area contributed by atoms with Crippen LogP contribution in [0.25, 0.3) is 0 Å². The molecular weight excluding hydrogens is 276 g/mol. The normalized spacial score (nSPS) is 10.2. The summed E-state index contributed by atoms with van der Waals surface area (Å²) in [5, 5.41) is 0. The van der Waals surface area contributed by atoms with Gasteiger partial charge in [0.15, 0.2) is 0 Å². The van der Waals surface area contributed by atoms with Gasteiger partial charge in [0.2, 0.25) is 5.91 Å². The fraction of sp³-hybridized carbons (Fsp3) is 0.154. The Kier molecular flexibility index (Phi) is 4.31. The first-order valence-corrected chi connectivity index (χ1v) is 6.74. The van der Waals surface area contributed by atoms with Crippen LogP contribution in [0.1, 0.15) is 15.2 Å². The Morgan fingerprint density at radius 2 is 2.15 bits per heavy atom. The van der Waals surface area contributed by atoms with Gasteiger partial charge >= 0.3 is 0 Å². The average Bonchev–Trinajstić information content (AvgIpc) is 2.90. The highest BCUT2D eigenvalue weighted by molar-refractivity contribution is 7.11. The summed E-state index contributed by atoms with van der Waals surface area (Å²) in [4.78, 5) is 29.1. The molecule has 0 bridgehead atoms. The van der Waals surface area contributed by atoms with E-state index in [1.807, 2.05) is 6.07 Å². The highest BCUT2D eigenvalue weighted by Crippen LogP contribution is 2.14. The van der Waals surface area contributed by atoms with Crippen LogP contribution in [0.5, 0.6) is 0 Å². The standard InChI is InChI=1S/C13H14N4O2S/c14-10-3-1-2-9(4-10)6-17(7-12(15)18)13(19)11-5-16-8-20-11/h1-5,8H,6-7,14H2,(H2,15,18). The van der Waals surface area contributed by atoms with Crippen molar-refractivity contribution in [3.8, 4) is 0 Å². The van der Waals surface area contributed by atoms with Crippen molar-refractivity contribution in [2.75, 3.05) is 12.3 Å².